The Hall–Kier alpha value is -7.46. The second-order valence-corrected chi connectivity index (χ2v) is 16.3. The fraction of sp³-hybridized carbons (Fsp3) is 0. The largest absolute Gasteiger partial charge is 0.456 e. The second kappa shape index (κ2) is 13.6. The van der Waals surface area contributed by atoms with Crippen LogP contribution in [0.4, 0.5) is 17.1 Å². The predicted molar refractivity (Wildman–Crippen MR) is 253 cm³/mol. The predicted octanol–water partition coefficient (Wildman–Crippen LogP) is 16.7. The van der Waals surface area contributed by atoms with Crippen LogP contribution in [0, 0.1) is 0 Å². The maximum absolute atomic E-state index is 6.71. The maximum atomic E-state index is 6.71. The van der Waals surface area contributed by atoms with Crippen molar-refractivity contribution in [3.63, 3.8) is 0 Å². The molecule has 0 bridgehead atoms. The van der Waals surface area contributed by atoms with E-state index >= 15 is 0 Å². The van der Waals surface area contributed by atoms with Crippen molar-refractivity contribution < 1.29 is 4.42 Å². The van der Waals surface area contributed by atoms with E-state index in [1.54, 1.807) is 0 Å². The fourth-order valence-corrected chi connectivity index (χ4v) is 10.2. The summed E-state index contributed by atoms with van der Waals surface area (Å²) >= 11 is 1.87. The van der Waals surface area contributed by atoms with Crippen molar-refractivity contribution in [2.75, 3.05) is 4.90 Å². The van der Waals surface area contributed by atoms with E-state index in [0.717, 1.165) is 44.6 Å². The molecule has 0 atom stereocenters. The summed E-state index contributed by atoms with van der Waals surface area (Å²) in [4.78, 5) is 2.41. The van der Waals surface area contributed by atoms with Crippen LogP contribution >= 0.6 is 11.3 Å². The summed E-state index contributed by atoms with van der Waals surface area (Å²) in [5.41, 5.74) is 12.1. The lowest BCUT2D eigenvalue weighted by Gasteiger charge is -2.27. The van der Waals surface area contributed by atoms with Crippen molar-refractivity contribution in [1.29, 1.82) is 0 Å². The molecule has 0 fully saturated rings. The van der Waals surface area contributed by atoms with Crippen LogP contribution in [0.3, 0.4) is 0 Å². The molecule has 0 N–H and O–H groups in total. The summed E-state index contributed by atoms with van der Waals surface area (Å²) in [7, 11) is 0. The van der Waals surface area contributed by atoms with Crippen LogP contribution in [0.15, 0.2) is 217 Å². The molecule has 0 aliphatic carbocycles. The Morgan fingerprint density at radius 2 is 0.932 bits per heavy atom. The molecule has 0 aliphatic rings. The number of anilines is 3. The molecule has 2 aromatic heterocycles. The lowest BCUT2D eigenvalue weighted by Crippen LogP contribution is -2.10. The molecule has 276 valence electrons. The zero-order valence-corrected chi connectivity index (χ0v) is 32.8. The van der Waals surface area contributed by atoms with Gasteiger partial charge in [-0.3, -0.25) is 0 Å². The SMILES string of the molecule is c1ccc(-c2ccc3c(c2)oc2cc(N(c4ccc(-c5ccc6ccc7ccccc7c6c5)cc4)c4ccc(-c5ccccc5)c5sc6ccccc6c45)ccc23)cc1. The average Bonchev–Trinajstić information content (AvgIpc) is 3.88. The number of hydrogen-bond acceptors (Lipinski definition) is 3. The first-order chi connectivity index (χ1) is 29.2. The Labute approximate surface area is 345 Å². The van der Waals surface area contributed by atoms with Crippen molar-refractivity contribution in [2.45, 2.75) is 0 Å². The monoisotopic (exact) mass is 769 g/mol. The van der Waals surface area contributed by atoms with Crippen LogP contribution in [0.1, 0.15) is 0 Å². The van der Waals surface area contributed by atoms with Gasteiger partial charge in [0.25, 0.3) is 0 Å². The zero-order chi connectivity index (χ0) is 38.9. The normalized spacial score (nSPS) is 11.7. The van der Waals surface area contributed by atoms with Gasteiger partial charge in [0, 0.05) is 48.4 Å². The summed E-state index contributed by atoms with van der Waals surface area (Å²) in [5.74, 6) is 0. The van der Waals surface area contributed by atoms with E-state index in [1.807, 2.05) is 11.3 Å². The summed E-state index contributed by atoms with van der Waals surface area (Å²) in [5, 5.41) is 9.77. The van der Waals surface area contributed by atoms with Gasteiger partial charge in [-0.15, -0.1) is 11.3 Å². The van der Waals surface area contributed by atoms with E-state index in [-0.39, 0.29) is 0 Å². The molecular weight excluding hydrogens is 735 g/mol. The van der Waals surface area contributed by atoms with Gasteiger partial charge in [0.2, 0.25) is 0 Å². The first kappa shape index (κ1) is 33.7. The highest BCUT2D eigenvalue weighted by Gasteiger charge is 2.22. The number of hydrogen-bond donors (Lipinski definition) is 0. The van der Waals surface area contributed by atoms with Crippen LogP contribution < -0.4 is 4.90 Å². The molecule has 0 saturated carbocycles. The van der Waals surface area contributed by atoms with E-state index in [9.17, 15) is 0 Å². The van der Waals surface area contributed by atoms with Gasteiger partial charge in [0.05, 0.1) is 5.69 Å². The number of rotatable bonds is 6. The van der Waals surface area contributed by atoms with E-state index < -0.39 is 0 Å². The van der Waals surface area contributed by atoms with Crippen LogP contribution in [0.2, 0.25) is 0 Å². The summed E-state index contributed by atoms with van der Waals surface area (Å²) < 4.78 is 9.26. The van der Waals surface area contributed by atoms with Crippen LogP contribution in [0.5, 0.6) is 0 Å². The third-order valence-electron chi connectivity index (χ3n) is 11.9. The van der Waals surface area contributed by atoms with Crippen molar-refractivity contribution in [1.82, 2.24) is 0 Å². The van der Waals surface area contributed by atoms with Gasteiger partial charge in [0.15, 0.2) is 0 Å². The van der Waals surface area contributed by atoms with E-state index in [4.69, 9.17) is 4.42 Å². The highest BCUT2D eigenvalue weighted by Crippen LogP contribution is 2.49. The Bertz CT molecular complexity index is 3550. The van der Waals surface area contributed by atoms with E-state index in [1.165, 1.54) is 69.5 Å². The molecule has 3 heteroatoms. The lowest BCUT2D eigenvalue weighted by molar-refractivity contribution is 0.669. The molecule has 10 aromatic carbocycles. The molecular formula is C56H35NOS. The molecule has 59 heavy (non-hydrogen) atoms. The lowest BCUT2D eigenvalue weighted by atomic mass is 9.97. The van der Waals surface area contributed by atoms with Gasteiger partial charge in [-0.1, -0.05) is 152 Å². The number of thiophene rings is 1. The highest BCUT2D eigenvalue weighted by atomic mass is 32.1. The Balaban J connectivity index is 1.05. The molecule has 0 amide bonds. The second-order valence-electron chi connectivity index (χ2n) is 15.3. The van der Waals surface area contributed by atoms with E-state index in [0.29, 0.717) is 0 Å². The average molecular weight is 770 g/mol. The quantitative estimate of drug-likeness (QED) is 0.157. The molecule has 0 radical (unpaired) electrons. The summed E-state index contributed by atoms with van der Waals surface area (Å²) in [6.07, 6.45) is 0. The molecule has 12 rings (SSSR count). The van der Waals surface area contributed by atoms with Crippen molar-refractivity contribution in [3.05, 3.63) is 212 Å². The zero-order valence-electron chi connectivity index (χ0n) is 32.0. The third-order valence-corrected chi connectivity index (χ3v) is 13.1. The highest BCUT2D eigenvalue weighted by molar-refractivity contribution is 7.26. The molecule has 2 nitrogen and oxygen atoms in total. The van der Waals surface area contributed by atoms with Gasteiger partial charge in [-0.25, -0.2) is 0 Å². The minimum atomic E-state index is 0.861. The minimum absolute atomic E-state index is 0.861. The number of fused-ring (bicyclic) bond motifs is 9. The van der Waals surface area contributed by atoms with Crippen molar-refractivity contribution in [2.24, 2.45) is 0 Å². The molecule has 0 unspecified atom stereocenters. The van der Waals surface area contributed by atoms with Crippen molar-refractivity contribution in [3.8, 4) is 33.4 Å². The van der Waals surface area contributed by atoms with Crippen LogP contribution in [-0.2, 0) is 0 Å². The Morgan fingerprint density at radius 1 is 0.356 bits per heavy atom. The van der Waals surface area contributed by atoms with Gasteiger partial charge in [-0.05, 0) is 110 Å². The molecule has 0 aliphatic heterocycles. The Kier molecular flexibility index (Phi) is 7.75. The topological polar surface area (TPSA) is 16.4 Å². The molecule has 2 heterocycles. The standard InChI is InChI=1S/C56H35NOS/c1-3-11-36(12-4-1)42-25-29-47-48-30-28-44(35-53(48)58-52(47)34-42)57(51-32-31-46(38-13-5-2-6-14-38)56-55(51)49-17-9-10-18-54(49)59-56)43-26-23-37(24-27-43)41-22-21-40-20-19-39-15-7-8-16-45(39)50(40)33-41/h1-35H. The van der Waals surface area contributed by atoms with Crippen LogP contribution in [0.25, 0.3) is 97.0 Å². The summed E-state index contributed by atoms with van der Waals surface area (Å²) in [6, 6.07) is 76.9. The number of benzene rings is 10. The van der Waals surface area contributed by atoms with Gasteiger partial charge >= 0.3 is 0 Å². The van der Waals surface area contributed by atoms with Gasteiger partial charge in [-0.2, -0.15) is 0 Å². The summed E-state index contributed by atoms with van der Waals surface area (Å²) in [6.45, 7) is 0. The molecule has 0 spiro atoms. The van der Waals surface area contributed by atoms with Crippen LogP contribution in [-0.4, -0.2) is 0 Å². The smallest absolute Gasteiger partial charge is 0.137 e. The van der Waals surface area contributed by atoms with E-state index in [2.05, 4.69) is 217 Å². The van der Waals surface area contributed by atoms with Gasteiger partial charge in [0.1, 0.15) is 11.2 Å². The molecule has 0 saturated heterocycles. The minimum Gasteiger partial charge on any atom is -0.456 e. The first-order valence-electron chi connectivity index (χ1n) is 20.1. The molecule has 12 aromatic rings. The van der Waals surface area contributed by atoms with Gasteiger partial charge < -0.3 is 9.32 Å². The Morgan fingerprint density at radius 3 is 1.75 bits per heavy atom. The number of nitrogens with zero attached hydrogens (tertiary/aromatic N) is 1. The van der Waals surface area contributed by atoms with Crippen molar-refractivity contribution >= 4 is 92.1 Å². The first-order valence-corrected chi connectivity index (χ1v) is 20.9. The maximum Gasteiger partial charge on any atom is 0.137 e. The fourth-order valence-electron chi connectivity index (χ4n) is 8.97. The third kappa shape index (κ3) is 5.62. The number of furan rings is 1.